The Morgan fingerprint density at radius 3 is 2.64 bits per heavy atom. The Hall–Kier alpha value is -0.860. The fourth-order valence-corrected chi connectivity index (χ4v) is 3.06. The predicted octanol–water partition coefficient (Wildman–Crippen LogP) is 3.89. The van der Waals surface area contributed by atoms with E-state index in [1.54, 1.807) is 0 Å². The number of benzene rings is 1. The van der Waals surface area contributed by atoms with Crippen LogP contribution in [0.1, 0.15) is 44.7 Å². The second kappa shape index (κ2) is 13.4. The van der Waals surface area contributed by atoms with Crippen LogP contribution < -0.4 is 10.6 Å². The van der Waals surface area contributed by atoms with Gasteiger partial charge >= 0.3 is 0 Å². The summed E-state index contributed by atoms with van der Waals surface area (Å²) < 4.78 is 11.1. The van der Waals surface area contributed by atoms with E-state index in [0.717, 1.165) is 64.9 Å². The summed E-state index contributed by atoms with van der Waals surface area (Å²) in [5.74, 6) is 1.46. The molecule has 0 aromatic heterocycles. The van der Waals surface area contributed by atoms with Crippen LogP contribution in [0.3, 0.4) is 0 Å². The molecule has 1 unspecified atom stereocenters. The van der Waals surface area contributed by atoms with Crippen LogP contribution in [0.25, 0.3) is 0 Å². The smallest absolute Gasteiger partial charge is 0.191 e. The summed E-state index contributed by atoms with van der Waals surface area (Å²) in [6.07, 6.45) is 2.10. The van der Waals surface area contributed by atoms with E-state index in [0.29, 0.717) is 5.92 Å². The van der Waals surface area contributed by atoms with Crippen LogP contribution in [-0.2, 0) is 14.9 Å². The summed E-state index contributed by atoms with van der Waals surface area (Å²) in [5.41, 5.74) is 2.61. The summed E-state index contributed by atoms with van der Waals surface area (Å²) >= 11 is 0. The molecule has 0 radical (unpaired) electrons. The summed E-state index contributed by atoms with van der Waals surface area (Å²) in [4.78, 5) is 4.80. The first kappa shape index (κ1) is 25.2. The van der Waals surface area contributed by atoms with E-state index in [-0.39, 0.29) is 29.4 Å². The SMILES string of the molecule is CCNC(=NCC(C)(C)c1ccc(C)cc1)NCCCOCC1CCOC1.I. The van der Waals surface area contributed by atoms with Gasteiger partial charge in [-0.1, -0.05) is 43.7 Å². The summed E-state index contributed by atoms with van der Waals surface area (Å²) in [6, 6.07) is 8.75. The lowest BCUT2D eigenvalue weighted by Gasteiger charge is -2.24. The Bertz CT molecular complexity index is 570. The Balaban J connectivity index is 0.00000392. The molecule has 0 spiro atoms. The number of guanidine groups is 1. The van der Waals surface area contributed by atoms with Gasteiger partial charge in [-0.3, -0.25) is 4.99 Å². The minimum atomic E-state index is 0. The third kappa shape index (κ3) is 9.09. The van der Waals surface area contributed by atoms with Crippen molar-refractivity contribution in [3.05, 3.63) is 35.4 Å². The lowest BCUT2D eigenvalue weighted by Crippen LogP contribution is -2.39. The Morgan fingerprint density at radius 1 is 1.25 bits per heavy atom. The van der Waals surface area contributed by atoms with Gasteiger partial charge in [0.15, 0.2) is 5.96 Å². The van der Waals surface area contributed by atoms with E-state index in [1.807, 2.05) is 0 Å². The number of aryl methyl sites for hydroxylation is 1. The molecule has 1 fully saturated rings. The summed E-state index contributed by atoms with van der Waals surface area (Å²) in [6.45, 7) is 14.5. The number of nitrogens with zero attached hydrogens (tertiary/aromatic N) is 1. The van der Waals surface area contributed by atoms with Crippen molar-refractivity contribution in [2.75, 3.05) is 46.1 Å². The number of hydrogen-bond acceptors (Lipinski definition) is 3. The highest BCUT2D eigenvalue weighted by Gasteiger charge is 2.20. The second-order valence-corrected chi connectivity index (χ2v) is 8.03. The van der Waals surface area contributed by atoms with Gasteiger partial charge in [0, 0.05) is 37.6 Å². The maximum atomic E-state index is 5.76. The van der Waals surface area contributed by atoms with Crippen molar-refractivity contribution in [3.8, 4) is 0 Å². The van der Waals surface area contributed by atoms with Gasteiger partial charge in [-0.2, -0.15) is 0 Å². The quantitative estimate of drug-likeness (QED) is 0.220. The largest absolute Gasteiger partial charge is 0.381 e. The van der Waals surface area contributed by atoms with Crippen molar-refractivity contribution < 1.29 is 9.47 Å². The van der Waals surface area contributed by atoms with Crippen LogP contribution in [0.4, 0.5) is 0 Å². The Labute approximate surface area is 188 Å². The monoisotopic (exact) mass is 503 g/mol. The number of rotatable bonds is 10. The molecule has 2 N–H and O–H groups in total. The first-order valence-electron chi connectivity index (χ1n) is 10.3. The molecule has 0 bridgehead atoms. The maximum Gasteiger partial charge on any atom is 0.191 e. The number of ether oxygens (including phenoxy) is 2. The molecule has 0 saturated carbocycles. The third-order valence-corrected chi connectivity index (χ3v) is 4.95. The molecule has 1 heterocycles. The minimum Gasteiger partial charge on any atom is -0.381 e. The third-order valence-electron chi connectivity index (χ3n) is 4.95. The number of hydrogen-bond donors (Lipinski definition) is 2. The highest BCUT2D eigenvalue weighted by atomic mass is 127. The Morgan fingerprint density at radius 2 is 2.00 bits per heavy atom. The van der Waals surface area contributed by atoms with Gasteiger partial charge in [-0.15, -0.1) is 24.0 Å². The molecule has 6 heteroatoms. The average molecular weight is 503 g/mol. The molecular formula is C22H38IN3O2. The number of nitrogens with one attached hydrogen (secondary N) is 2. The zero-order valence-corrected chi connectivity index (χ0v) is 20.3. The second-order valence-electron chi connectivity index (χ2n) is 8.03. The van der Waals surface area contributed by atoms with Crippen LogP contribution in [0.2, 0.25) is 0 Å². The van der Waals surface area contributed by atoms with Crippen LogP contribution in [0.15, 0.2) is 29.3 Å². The first-order valence-corrected chi connectivity index (χ1v) is 10.3. The van der Waals surface area contributed by atoms with Gasteiger partial charge in [-0.05, 0) is 32.3 Å². The molecule has 160 valence electrons. The predicted molar refractivity (Wildman–Crippen MR) is 128 cm³/mol. The fourth-order valence-electron chi connectivity index (χ4n) is 3.06. The zero-order valence-electron chi connectivity index (χ0n) is 17.9. The van der Waals surface area contributed by atoms with E-state index in [4.69, 9.17) is 14.5 Å². The molecule has 1 atom stereocenters. The van der Waals surface area contributed by atoms with E-state index in [2.05, 4.69) is 62.6 Å². The van der Waals surface area contributed by atoms with Crippen molar-refractivity contribution in [1.29, 1.82) is 0 Å². The molecule has 1 aromatic rings. The van der Waals surface area contributed by atoms with E-state index >= 15 is 0 Å². The maximum absolute atomic E-state index is 5.76. The van der Waals surface area contributed by atoms with E-state index in [9.17, 15) is 0 Å². The zero-order chi connectivity index (χ0) is 19.5. The molecule has 2 rings (SSSR count). The van der Waals surface area contributed by atoms with Gasteiger partial charge < -0.3 is 20.1 Å². The van der Waals surface area contributed by atoms with Crippen molar-refractivity contribution >= 4 is 29.9 Å². The fraction of sp³-hybridized carbons (Fsp3) is 0.682. The van der Waals surface area contributed by atoms with E-state index < -0.39 is 0 Å². The number of halogens is 1. The van der Waals surface area contributed by atoms with Crippen molar-refractivity contribution in [2.24, 2.45) is 10.9 Å². The lowest BCUT2D eigenvalue weighted by molar-refractivity contribution is 0.0888. The summed E-state index contributed by atoms with van der Waals surface area (Å²) in [7, 11) is 0. The number of aliphatic imine (C=N–C) groups is 1. The molecule has 1 aliphatic heterocycles. The van der Waals surface area contributed by atoms with E-state index in [1.165, 1.54) is 11.1 Å². The van der Waals surface area contributed by atoms with Crippen LogP contribution in [0.5, 0.6) is 0 Å². The topological polar surface area (TPSA) is 54.9 Å². The lowest BCUT2D eigenvalue weighted by atomic mass is 9.84. The van der Waals surface area contributed by atoms with Gasteiger partial charge in [-0.25, -0.2) is 0 Å². The average Bonchev–Trinajstić information content (AvgIpc) is 3.16. The van der Waals surface area contributed by atoms with Gasteiger partial charge in [0.05, 0.1) is 19.8 Å². The van der Waals surface area contributed by atoms with Gasteiger partial charge in [0.25, 0.3) is 0 Å². The van der Waals surface area contributed by atoms with Crippen LogP contribution in [0, 0.1) is 12.8 Å². The molecule has 1 saturated heterocycles. The molecule has 28 heavy (non-hydrogen) atoms. The molecule has 1 aliphatic rings. The highest BCUT2D eigenvalue weighted by Crippen LogP contribution is 2.23. The van der Waals surface area contributed by atoms with Crippen molar-refractivity contribution in [3.63, 3.8) is 0 Å². The molecular weight excluding hydrogens is 465 g/mol. The minimum absolute atomic E-state index is 0. The first-order chi connectivity index (χ1) is 13.0. The normalized spacial score (nSPS) is 17.3. The highest BCUT2D eigenvalue weighted by molar-refractivity contribution is 14.0. The molecule has 0 amide bonds. The van der Waals surface area contributed by atoms with Gasteiger partial charge in [0.2, 0.25) is 0 Å². The molecule has 5 nitrogen and oxygen atoms in total. The molecule has 1 aromatic carbocycles. The van der Waals surface area contributed by atoms with Crippen LogP contribution in [-0.4, -0.2) is 52.0 Å². The standard InChI is InChI=1S/C22H37N3O2.HI/c1-5-23-21(24-12-6-13-26-15-19-11-14-27-16-19)25-17-22(3,4)20-9-7-18(2)8-10-20;/h7-10,19H,5-6,11-17H2,1-4H3,(H2,23,24,25);1H. The molecule has 0 aliphatic carbocycles. The van der Waals surface area contributed by atoms with Crippen molar-refractivity contribution in [2.45, 2.75) is 46.0 Å². The Kier molecular flexibility index (Phi) is 12.0. The van der Waals surface area contributed by atoms with Crippen molar-refractivity contribution in [1.82, 2.24) is 10.6 Å². The van der Waals surface area contributed by atoms with Gasteiger partial charge in [0.1, 0.15) is 0 Å². The summed E-state index contributed by atoms with van der Waals surface area (Å²) in [5, 5.41) is 6.75. The van der Waals surface area contributed by atoms with Crippen LogP contribution >= 0.6 is 24.0 Å².